The molecule has 3 aromatic carbocycles. The Labute approximate surface area is 313 Å². The Bertz CT molecular complexity index is 1880. The Morgan fingerprint density at radius 1 is 0.792 bits per heavy atom. The number of rotatable bonds is 3. The van der Waals surface area contributed by atoms with Crippen LogP contribution in [0.15, 0.2) is 51.0 Å². The van der Waals surface area contributed by atoms with Crippen molar-refractivity contribution in [3.63, 3.8) is 0 Å². The van der Waals surface area contributed by atoms with E-state index in [1.54, 1.807) is 32.8 Å². The van der Waals surface area contributed by atoms with Crippen molar-refractivity contribution in [2.75, 3.05) is 0 Å². The second-order valence-electron chi connectivity index (χ2n) is 17.2. The van der Waals surface area contributed by atoms with E-state index in [1.165, 1.54) is 59.7 Å². The van der Waals surface area contributed by atoms with Gasteiger partial charge in [0.2, 0.25) is 0 Å². The molecule has 6 atom stereocenters. The smallest absolute Gasteiger partial charge is 1.00 e. The SMILES string of the molecule is Cc1cc2c(c(C)c1C)C(C)c1c3c(c4ccccc4c1-2)C(C)C(C)C(C)[C]3(C)[Zr+2]([C]1=CC([Si](C)(C)C)=CC1C)=[C]1CCCCC1.[Cl-].[Cl-]. The average molecular weight is 777 g/mol. The van der Waals surface area contributed by atoms with Crippen molar-refractivity contribution in [1.82, 2.24) is 0 Å². The largest absolute Gasteiger partial charge is 1.00 e. The predicted octanol–water partition coefficient (Wildman–Crippen LogP) is 6.60. The molecule has 1 saturated carbocycles. The normalized spacial score (nSPS) is 27.6. The number of halogens is 2. The molecule has 7 rings (SSSR count). The Balaban J connectivity index is 0.00000225. The van der Waals surface area contributed by atoms with Crippen LogP contribution in [0.1, 0.15) is 124 Å². The minimum absolute atomic E-state index is 0. The fraction of sp³-hybridized carbons (Fsp3) is 0.523. The first-order chi connectivity index (χ1) is 21.7. The van der Waals surface area contributed by atoms with Crippen LogP contribution in [0.5, 0.6) is 0 Å². The van der Waals surface area contributed by atoms with Crippen LogP contribution < -0.4 is 24.8 Å². The van der Waals surface area contributed by atoms with Gasteiger partial charge in [-0.3, -0.25) is 0 Å². The van der Waals surface area contributed by atoms with Crippen molar-refractivity contribution in [1.29, 1.82) is 0 Å². The number of allylic oxidation sites excluding steroid dienone is 4. The van der Waals surface area contributed by atoms with E-state index in [-0.39, 0.29) is 27.9 Å². The predicted molar refractivity (Wildman–Crippen MR) is 202 cm³/mol. The van der Waals surface area contributed by atoms with Gasteiger partial charge in [0.15, 0.2) is 0 Å². The van der Waals surface area contributed by atoms with E-state index in [0.717, 1.165) is 0 Å². The molecule has 48 heavy (non-hydrogen) atoms. The van der Waals surface area contributed by atoms with Gasteiger partial charge in [0, 0.05) is 0 Å². The van der Waals surface area contributed by atoms with Gasteiger partial charge in [-0.2, -0.15) is 0 Å². The summed E-state index contributed by atoms with van der Waals surface area (Å²) in [5.74, 6) is 2.91. The molecule has 0 heterocycles. The third kappa shape index (κ3) is 5.47. The molecule has 0 spiro atoms. The van der Waals surface area contributed by atoms with Crippen molar-refractivity contribution in [2.45, 2.75) is 129 Å². The summed E-state index contributed by atoms with van der Waals surface area (Å²) in [5, 5.41) is 4.78. The average Bonchev–Trinajstić information content (AvgIpc) is 3.55. The fourth-order valence-electron chi connectivity index (χ4n) is 10.6. The first kappa shape index (κ1) is 38.2. The molecule has 0 bridgehead atoms. The number of hydrogen-bond donors (Lipinski definition) is 0. The topological polar surface area (TPSA) is 0 Å². The molecule has 6 unspecified atom stereocenters. The van der Waals surface area contributed by atoms with Crippen molar-refractivity contribution < 1.29 is 46.1 Å². The summed E-state index contributed by atoms with van der Waals surface area (Å²) in [6.45, 7) is 30.7. The molecule has 256 valence electrons. The summed E-state index contributed by atoms with van der Waals surface area (Å²) >= 11 is -2.49. The van der Waals surface area contributed by atoms with Crippen LogP contribution in [-0.4, -0.2) is 11.3 Å². The quantitative estimate of drug-likeness (QED) is 0.263. The van der Waals surface area contributed by atoms with Gasteiger partial charge in [0.1, 0.15) is 0 Å². The van der Waals surface area contributed by atoms with Crippen molar-refractivity contribution in [2.24, 2.45) is 17.8 Å². The number of aryl methyl sites for hydroxylation is 1. The standard InChI is InChI=1S/C29H33.C9H15Si.C6H10.2ClH.Zr/c1-14-13-24-25(18(5)15(14)2)21(8)28-27-20(7)17(4)16(3)19(6)26(27)22-11-9-10-12-23(22)29(24)28;1-8-5-6-9(7-8)10(2,3)4;1-2-4-6-5-3-1;;;/h9-13,16-17,19,21H,1-8H3;6-8H,1-4H3;1-5H2;2*1H;/q;;;;;+2/p-2. The third-order valence-corrected chi connectivity index (χ3v) is 26.0. The first-order valence-corrected chi connectivity index (χ1v) is 25.7. The Kier molecular flexibility index (Phi) is 10.7. The van der Waals surface area contributed by atoms with E-state index in [1.807, 2.05) is 8.84 Å². The van der Waals surface area contributed by atoms with Gasteiger partial charge in [-0.25, -0.2) is 0 Å². The molecule has 4 aliphatic rings. The summed E-state index contributed by atoms with van der Waals surface area (Å²) in [4.78, 5) is 0. The molecule has 0 N–H and O–H groups in total. The van der Waals surface area contributed by atoms with Crippen LogP contribution >= 0.6 is 0 Å². The Morgan fingerprint density at radius 3 is 2.02 bits per heavy atom. The van der Waals surface area contributed by atoms with Crippen LogP contribution in [-0.2, 0) is 24.4 Å². The zero-order valence-electron chi connectivity index (χ0n) is 31.7. The molecule has 0 amide bonds. The maximum Gasteiger partial charge on any atom is -1.00 e. The van der Waals surface area contributed by atoms with E-state index in [2.05, 4.69) is 128 Å². The van der Waals surface area contributed by atoms with E-state index in [4.69, 9.17) is 0 Å². The molecular weight excluding hydrogens is 719 g/mol. The fourth-order valence-corrected chi connectivity index (χ4v) is 23.8. The zero-order valence-corrected chi connectivity index (χ0v) is 36.7. The van der Waals surface area contributed by atoms with Gasteiger partial charge in [-0.1, -0.05) is 0 Å². The maximum absolute atomic E-state index is 2.85. The monoisotopic (exact) mass is 774 g/mol. The van der Waals surface area contributed by atoms with Crippen molar-refractivity contribution in [3.05, 3.63) is 89.9 Å². The first-order valence-electron chi connectivity index (χ1n) is 18.6. The molecule has 3 aromatic rings. The van der Waals surface area contributed by atoms with Gasteiger partial charge in [0.25, 0.3) is 0 Å². The van der Waals surface area contributed by atoms with Gasteiger partial charge in [-0.05, 0) is 0 Å². The Hall–Kier alpha value is -1.05. The minimum atomic E-state index is -2.49. The molecule has 0 aliphatic heterocycles. The Morgan fingerprint density at radius 2 is 1.42 bits per heavy atom. The van der Waals surface area contributed by atoms with Crippen LogP contribution in [0.3, 0.4) is 0 Å². The minimum Gasteiger partial charge on any atom is -1.00 e. The van der Waals surface area contributed by atoms with Crippen LogP contribution in [0.25, 0.3) is 21.9 Å². The molecule has 0 saturated heterocycles. The maximum atomic E-state index is 2.85. The van der Waals surface area contributed by atoms with Crippen LogP contribution in [0.4, 0.5) is 0 Å². The molecule has 4 aliphatic carbocycles. The van der Waals surface area contributed by atoms with Crippen molar-refractivity contribution >= 4 is 22.1 Å². The van der Waals surface area contributed by atoms with Gasteiger partial charge >= 0.3 is 291 Å². The molecule has 0 nitrogen and oxygen atoms in total. The van der Waals surface area contributed by atoms with E-state index < -0.39 is 29.3 Å². The summed E-state index contributed by atoms with van der Waals surface area (Å²) < 4.78 is 4.22. The summed E-state index contributed by atoms with van der Waals surface area (Å²) in [5.41, 5.74) is 14.5. The summed E-state index contributed by atoms with van der Waals surface area (Å²) in [6, 6.07) is 12.2. The van der Waals surface area contributed by atoms with E-state index >= 15 is 0 Å². The third-order valence-electron chi connectivity index (χ3n) is 13.8. The van der Waals surface area contributed by atoms with Gasteiger partial charge in [-0.15, -0.1) is 0 Å². The van der Waals surface area contributed by atoms with Crippen LogP contribution in [0, 0.1) is 38.5 Å². The number of fused-ring (bicyclic) bond motifs is 8. The van der Waals surface area contributed by atoms with Gasteiger partial charge < -0.3 is 24.8 Å². The van der Waals surface area contributed by atoms with Gasteiger partial charge in [0.05, 0.1) is 0 Å². The molecular formula is C44H58Cl2SiZr. The summed E-state index contributed by atoms with van der Waals surface area (Å²) in [6.07, 6.45) is 12.6. The number of hydrogen-bond acceptors (Lipinski definition) is 0. The van der Waals surface area contributed by atoms with E-state index in [0.29, 0.717) is 29.6 Å². The number of benzene rings is 3. The summed E-state index contributed by atoms with van der Waals surface area (Å²) in [7, 11) is -1.41. The second kappa shape index (κ2) is 13.5. The molecule has 4 heteroatoms. The zero-order chi connectivity index (χ0) is 33.0. The van der Waals surface area contributed by atoms with E-state index in [9.17, 15) is 0 Å². The van der Waals surface area contributed by atoms with Crippen molar-refractivity contribution in [3.8, 4) is 11.1 Å². The molecule has 1 fully saturated rings. The second-order valence-corrected chi connectivity index (χ2v) is 29.8. The molecule has 0 aromatic heterocycles. The molecule has 0 radical (unpaired) electrons. The van der Waals surface area contributed by atoms with Crippen LogP contribution in [0.2, 0.25) is 19.6 Å².